The summed E-state index contributed by atoms with van der Waals surface area (Å²) < 4.78 is 5.15. The topological polar surface area (TPSA) is 88.3 Å². The summed E-state index contributed by atoms with van der Waals surface area (Å²) in [7, 11) is 0. The molecular formula is C16H26N4O3. The first-order valence-electron chi connectivity index (χ1n) is 8.39. The molecule has 0 aliphatic carbocycles. The van der Waals surface area contributed by atoms with E-state index in [2.05, 4.69) is 15.5 Å². The van der Waals surface area contributed by atoms with Crippen molar-refractivity contribution in [2.24, 2.45) is 5.92 Å². The highest BCUT2D eigenvalue weighted by molar-refractivity contribution is 5.81. The second-order valence-electron chi connectivity index (χ2n) is 6.27. The number of nitrogens with one attached hydrogen (secondary N) is 1. The number of likely N-dealkylation sites (tertiary alicyclic amines) is 1. The highest BCUT2D eigenvalue weighted by Crippen LogP contribution is 2.17. The molecule has 1 saturated heterocycles. The van der Waals surface area contributed by atoms with Gasteiger partial charge in [0.2, 0.25) is 17.7 Å². The standard InChI is InChI=1S/C16H26N4O3/c1-4-14(21)20-9-5-6-12(10-20)16(22)17-8-7-13-18-15(11(2)3)19-23-13/h11-12H,4-10H2,1-3H3,(H,17,22)/t12-/m1/s1. The zero-order valence-electron chi connectivity index (χ0n) is 14.2. The second kappa shape index (κ2) is 8.08. The number of hydrogen-bond acceptors (Lipinski definition) is 5. The summed E-state index contributed by atoms with van der Waals surface area (Å²) in [6.45, 7) is 7.61. The fraction of sp³-hybridized carbons (Fsp3) is 0.750. The van der Waals surface area contributed by atoms with Gasteiger partial charge in [-0.15, -0.1) is 0 Å². The summed E-state index contributed by atoms with van der Waals surface area (Å²) in [5, 5.41) is 6.81. The second-order valence-corrected chi connectivity index (χ2v) is 6.27. The molecule has 128 valence electrons. The van der Waals surface area contributed by atoms with Gasteiger partial charge in [0.05, 0.1) is 5.92 Å². The lowest BCUT2D eigenvalue weighted by atomic mass is 9.97. The lowest BCUT2D eigenvalue weighted by molar-refractivity contribution is -0.135. The lowest BCUT2D eigenvalue weighted by Crippen LogP contribution is -2.45. The highest BCUT2D eigenvalue weighted by atomic mass is 16.5. The zero-order valence-corrected chi connectivity index (χ0v) is 14.2. The van der Waals surface area contributed by atoms with Crippen molar-refractivity contribution in [2.75, 3.05) is 19.6 Å². The normalized spacial score (nSPS) is 18.3. The average molecular weight is 322 g/mol. The third kappa shape index (κ3) is 4.77. The first-order valence-corrected chi connectivity index (χ1v) is 8.39. The number of aromatic nitrogens is 2. The van der Waals surface area contributed by atoms with Crippen LogP contribution in [0.15, 0.2) is 4.52 Å². The summed E-state index contributed by atoms with van der Waals surface area (Å²) in [6, 6.07) is 0. The molecule has 1 fully saturated rings. The van der Waals surface area contributed by atoms with Crippen molar-refractivity contribution >= 4 is 11.8 Å². The van der Waals surface area contributed by atoms with Gasteiger partial charge in [-0.25, -0.2) is 0 Å². The maximum absolute atomic E-state index is 12.2. The number of nitrogens with zero attached hydrogens (tertiary/aromatic N) is 3. The largest absolute Gasteiger partial charge is 0.355 e. The van der Waals surface area contributed by atoms with E-state index < -0.39 is 0 Å². The number of rotatable bonds is 6. The average Bonchev–Trinajstić information content (AvgIpc) is 3.03. The van der Waals surface area contributed by atoms with Crippen LogP contribution in [0.4, 0.5) is 0 Å². The quantitative estimate of drug-likeness (QED) is 0.857. The number of carbonyl (C=O) groups excluding carboxylic acids is 2. The van der Waals surface area contributed by atoms with Crippen LogP contribution in [0.1, 0.15) is 57.7 Å². The summed E-state index contributed by atoms with van der Waals surface area (Å²) >= 11 is 0. The molecule has 1 aromatic rings. The molecule has 0 bridgehead atoms. The molecule has 1 atom stereocenters. The smallest absolute Gasteiger partial charge is 0.228 e. The molecule has 1 aromatic heterocycles. The Balaban J connectivity index is 1.76. The molecule has 7 heteroatoms. The summed E-state index contributed by atoms with van der Waals surface area (Å²) in [5.41, 5.74) is 0. The van der Waals surface area contributed by atoms with E-state index in [1.165, 1.54) is 0 Å². The van der Waals surface area contributed by atoms with Crippen LogP contribution in [-0.2, 0) is 16.0 Å². The van der Waals surface area contributed by atoms with Crippen molar-refractivity contribution < 1.29 is 14.1 Å². The Labute approximate surface area is 136 Å². The van der Waals surface area contributed by atoms with Gasteiger partial charge in [0.25, 0.3) is 0 Å². The molecule has 2 amide bonds. The molecule has 0 aromatic carbocycles. The molecule has 2 heterocycles. The summed E-state index contributed by atoms with van der Waals surface area (Å²) in [6.07, 6.45) is 2.72. The lowest BCUT2D eigenvalue weighted by Gasteiger charge is -2.31. The van der Waals surface area contributed by atoms with Gasteiger partial charge >= 0.3 is 0 Å². The van der Waals surface area contributed by atoms with Gasteiger partial charge in [0.1, 0.15) is 0 Å². The number of hydrogen-bond donors (Lipinski definition) is 1. The first kappa shape index (κ1) is 17.4. The molecule has 0 unspecified atom stereocenters. The molecule has 2 rings (SSSR count). The van der Waals surface area contributed by atoms with Crippen LogP contribution in [0.2, 0.25) is 0 Å². The van der Waals surface area contributed by atoms with Crippen LogP contribution in [0.5, 0.6) is 0 Å². The first-order chi connectivity index (χ1) is 11.0. The van der Waals surface area contributed by atoms with Crippen LogP contribution in [-0.4, -0.2) is 46.5 Å². The molecule has 0 radical (unpaired) electrons. The SMILES string of the molecule is CCC(=O)N1CCC[C@@H](C(=O)NCCc2nc(C(C)C)no2)C1. The van der Waals surface area contributed by atoms with Gasteiger partial charge < -0.3 is 14.7 Å². The Bertz CT molecular complexity index is 541. The van der Waals surface area contributed by atoms with Crippen LogP contribution in [0.25, 0.3) is 0 Å². The minimum Gasteiger partial charge on any atom is -0.355 e. The molecule has 23 heavy (non-hydrogen) atoms. The number of carbonyl (C=O) groups is 2. The maximum atomic E-state index is 12.2. The van der Waals surface area contributed by atoms with E-state index in [0.29, 0.717) is 37.6 Å². The highest BCUT2D eigenvalue weighted by Gasteiger charge is 2.27. The van der Waals surface area contributed by atoms with Crippen LogP contribution in [0, 0.1) is 5.92 Å². The van der Waals surface area contributed by atoms with Crippen molar-refractivity contribution in [2.45, 2.75) is 52.4 Å². The Morgan fingerprint density at radius 3 is 2.87 bits per heavy atom. The molecule has 1 N–H and O–H groups in total. The van der Waals surface area contributed by atoms with E-state index >= 15 is 0 Å². The van der Waals surface area contributed by atoms with Gasteiger partial charge in [0, 0.05) is 38.4 Å². The van der Waals surface area contributed by atoms with E-state index in [9.17, 15) is 9.59 Å². The predicted molar refractivity (Wildman–Crippen MR) is 84.7 cm³/mol. The van der Waals surface area contributed by atoms with E-state index in [1.54, 1.807) is 4.90 Å². The van der Waals surface area contributed by atoms with Gasteiger partial charge in [-0.3, -0.25) is 9.59 Å². The molecule has 7 nitrogen and oxygen atoms in total. The number of amides is 2. The van der Waals surface area contributed by atoms with Crippen molar-refractivity contribution in [1.82, 2.24) is 20.4 Å². The fourth-order valence-corrected chi connectivity index (χ4v) is 2.68. The van der Waals surface area contributed by atoms with Crippen LogP contribution in [0.3, 0.4) is 0 Å². The van der Waals surface area contributed by atoms with Crippen molar-refractivity contribution in [3.63, 3.8) is 0 Å². The van der Waals surface area contributed by atoms with Gasteiger partial charge in [0.15, 0.2) is 5.82 Å². The zero-order chi connectivity index (χ0) is 16.8. The van der Waals surface area contributed by atoms with Gasteiger partial charge in [-0.1, -0.05) is 25.9 Å². The maximum Gasteiger partial charge on any atom is 0.228 e. The third-order valence-electron chi connectivity index (χ3n) is 4.09. The van der Waals surface area contributed by atoms with Crippen LogP contribution < -0.4 is 5.32 Å². The van der Waals surface area contributed by atoms with Crippen LogP contribution >= 0.6 is 0 Å². The Hall–Kier alpha value is -1.92. The number of piperidine rings is 1. The van der Waals surface area contributed by atoms with Gasteiger partial charge in [-0.05, 0) is 12.8 Å². The summed E-state index contributed by atoms with van der Waals surface area (Å²) in [4.78, 5) is 30.1. The minimum atomic E-state index is -0.117. The predicted octanol–water partition coefficient (Wildman–Crippen LogP) is 1.50. The van der Waals surface area contributed by atoms with E-state index in [1.807, 2.05) is 20.8 Å². The Morgan fingerprint density at radius 1 is 1.43 bits per heavy atom. The minimum absolute atomic E-state index is 0.00204. The Kier molecular flexibility index (Phi) is 6.12. The summed E-state index contributed by atoms with van der Waals surface area (Å²) in [5.74, 6) is 1.46. The molecule has 0 saturated carbocycles. The fourth-order valence-electron chi connectivity index (χ4n) is 2.68. The third-order valence-corrected chi connectivity index (χ3v) is 4.09. The van der Waals surface area contributed by atoms with Crippen molar-refractivity contribution in [3.8, 4) is 0 Å². The van der Waals surface area contributed by atoms with Gasteiger partial charge in [-0.2, -0.15) is 4.98 Å². The molecule has 1 aliphatic heterocycles. The Morgan fingerprint density at radius 2 is 2.22 bits per heavy atom. The molecule has 1 aliphatic rings. The van der Waals surface area contributed by atoms with E-state index in [-0.39, 0.29) is 23.7 Å². The van der Waals surface area contributed by atoms with Crippen molar-refractivity contribution in [3.05, 3.63) is 11.7 Å². The molecular weight excluding hydrogens is 296 g/mol. The van der Waals surface area contributed by atoms with E-state index in [4.69, 9.17) is 4.52 Å². The van der Waals surface area contributed by atoms with Crippen molar-refractivity contribution in [1.29, 1.82) is 0 Å². The molecule has 0 spiro atoms. The monoisotopic (exact) mass is 322 g/mol. The van der Waals surface area contributed by atoms with E-state index in [0.717, 1.165) is 19.4 Å².